The second-order valence-corrected chi connectivity index (χ2v) is 11.2. The van der Waals surface area contributed by atoms with E-state index in [2.05, 4.69) is 22.9 Å². The van der Waals surface area contributed by atoms with Gasteiger partial charge in [-0.05, 0) is 64.0 Å². The van der Waals surface area contributed by atoms with E-state index < -0.39 is 17.5 Å². The number of amides is 1. The molecule has 2 fully saturated rings. The van der Waals surface area contributed by atoms with Gasteiger partial charge in [0.1, 0.15) is 4.75 Å². The van der Waals surface area contributed by atoms with Crippen LogP contribution in [0.5, 0.6) is 0 Å². The van der Waals surface area contributed by atoms with Gasteiger partial charge in [0.2, 0.25) is 0 Å². The molecule has 2 heterocycles. The highest BCUT2D eigenvalue weighted by atomic mass is 32.2. The zero-order valence-electron chi connectivity index (χ0n) is 15.7. The molecule has 2 N–H and O–H groups in total. The smallest absolute Gasteiger partial charge is 0.407 e. The van der Waals surface area contributed by atoms with E-state index in [0.29, 0.717) is 0 Å². The highest BCUT2D eigenvalue weighted by Crippen LogP contribution is 2.57. The van der Waals surface area contributed by atoms with Crippen molar-refractivity contribution in [2.45, 2.75) is 75.7 Å². The van der Waals surface area contributed by atoms with Crippen LogP contribution in [0.25, 0.3) is 0 Å². The number of fused-ring (bicyclic) bond motifs is 3. The molecule has 1 amide bonds. The molecule has 1 aromatic rings. The lowest BCUT2D eigenvalue weighted by atomic mass is 9.70. The highest BCUT2D eigenvalue weighted by molar-refractivity contribution is 7.90. The first-order chi connectivity index (χ1) is 12.2. The van der Waals surface area contributed by atoms with Crippen molar-refractivity contribution in [1.82, 2.24) is 9.62 Å². The Hall–Kier alpha value is -1.24. The molecule has 4 atom stereocenters. The SMILES string of the molecule is CC(C)(C)[S@@+]([O-])N[C@@H]1c2ccccc2CC12C[C@H]1CC[C@H](C2)N1C(=O)O. The second-order valence-electron chi connectivity index (χ2n) is 9.15. The molecule has 1 aliphatic carbocycles. The molecule has 0 saturated carbocycles. The van der Waals surface area contributed by atoms with E-state index in [1.54, 1.807) is 4.90 Å². The van der Waals surface area contributed by atoms with Gasteiger partial charge in [-0.3, -0.25) is 0 Å². The summed E-state index contributed by atoms with van der Waals surface area (Å²) in [7, 11) is 0. The van der Waals surface area contributed by atoms with Crippen molar-refractivity contribution in [1.29, 1.82) is 0 Å². The Bertz CT molecular complexity index is 703. The average Bonchev–Trinajstić information content (AvgIpc) is 3.00. The van der Waals surface area contributed by atoms with Gasteiger partial charge in [0.05, 0.1) is 6.04 Å². The lowest BCUT2D eigenvalue weighted by molar-refractivity contribution is 0.0315. The first kappa shape index (κ1) is 18.1. The largest absolute Gasteiger partial charge is 0.598 e. The van der Waals surface area contributed by atoms with Gasteiger partial charge in [-0.1, -0.05) is 24.3 Å². The molecule has 2 aliphatic heterocycles. The molecule has 0 radical (unpaired) electrons. The zero-order valence-corrected chi connectivity index (χ0v) is 16.5. The van der Waals surface area contributed by atoms with E-state index in [4.69, 9.17) is 0 Å². The first-order valence-corrected chi connectivity index (χ1v) is 10.6. The van der Waals surface area contributed by atoms with Gasteiger partial charge in [0.25, 0.3) is 0 Å². The predicted octanol–water partition coefficient (Wildman–Crippen LogP) is 3.63. The summed E-state index contributed by atoms with van der Waals surface area (Å²) in [5.74, 6) is 0. The molecule has 2 saturated heterocycles. The van der Waals surface area contributed by atoms with Crippen LogP contribution >= 0.6 is 0 Å². The van der Waals surface area contributed by atoms with E-state index >= 15 is 0 Å². The quantitative estimate of drug-likeness (QED) is 0.773. The zero-order chi connectivity index (χ0) is 18.7. The number of nitrogens with zero attached hydrogens (tertiary/aromatic N) is 1. The fourth-order valence-corrected chi connectivity index (χ4v) is 6.28. The molecule has 0 aromatic heterocycles. The van der Waals surface area contributed by atoms with Gasteiger partial charge in [-0.15, -0.1) is 4.72 Å². The van der Waals surface area contributed by atoms with E-state index in [1.165, 1.54) is 11.1 Å². The van der Waals surface area contributed by atoms with Crippen LogP contribution < -0.4 is 4.72 Å². The molecule has 1 spiro atoms. The Morgan fingerprint density at radius 2 is 1.88 bits per heavy atom. The third-order valence-corrected chi connectivity index (χ3v) is 7.99. The molecule has 6 heteroatoms. The van der Waals surface area contributed by atoms with Crippen molar-refractivity contribution >= 4 is 17.5 Å². The van der Waals surface area contributed by atoms with Crippen molar-refractivity contribution in [2.75, 3.05) is 0 Å². The Morgan fingerprint density at radius 3 is 2.46 bits per heavy atom. The Kier molecular flexibility index (Phi) is 4.29. The number of carbonyl (C=O) groups is 1. The maximum absolute atomic E-state index is 12.9. The topological polar surface area (TPSA) is 75.6 Å². The van der Waals surface area contributed by atoms with Crippen LogP contribution in [0.3, 0.4) is 0 Å². The number of benzene rings is 1. The van der Waals surface area contributed by atoms with Crippen LogP contribution in [-0.2, 0) is 17.8 Å². The fraction of sp³-hybridized carbons (Fsp3) is 0.650. The van der Waals surface area contributed by atoms with Gasteiger partial charge in [-0.25, -0.2) is 4.79 Å². The molecular weight excluding hydrogens is 348 g/mol. The normalized spacial score (nSPS) is 34.2. The Labute approximate surface area is 158 Å². The van der Waals surface area contributed by atoms with E-state index in [-0.39, 0.29) is 28.3 Å². The van der Waals surface area contributed by atoms with Crippen LogP contribution in [0.1, 0.15) is 63.6 Å². The number of hydrogen-bond acceptors (Lipinski definition) is 3. The van der Waals surface area contributed by atoms with E-state index in [1.807, 2.05) is 26.8 Å². The molecule has 4 rings (SSSR count). The minimum atomic E-state index is -1.16. The van der Waals surface area contributed by atoms with E-state index in [9.17, 15) is 14.5 Å². The maximum atomic E-state index is 12.9. The molecule has 3 aliphatic rings. The summed E-state index contributed by atoms with van der Waals surface area (Å²) in [6.45, 7) is 5.96. The summed E-state index contributed by atoms with van der Waals surface area (Å²) in [5.41, 5.74) is 2.52. The van der Waals surface area contributed by atoms with Crippen molar-refractivity contribution in [3.05, 3.63) is 35.4 Å². The monoisotopic (exact) mass is 376 g/mol. The van der Waals surface area contributed by atoms with Crippen LogP contribution in [0.2, 0.25) is 0 Å². The average molecular weight is 377 g/mol. The second kappa shape index (κ2) is 6.14. The van der Waals surface area contributed by atoms with Crippen molar-refractivity contribution in [3.8, 4) is 0 Å². The molecular formula is C20H28N2O3S. The van der Waals surface area contributed by atoms with Gasteiger partial charge >= 0.3 is 6.09 Å². The van der Waals surface area contributed by atoms with Crippen LogP contribution in [0, 0.1) is 5.41 Å². The summed E-state index contributed by atoms with van der Waals surface area (Å²) in [4.78, 5) is 13.4. The number of nitrogens with one attached hydrogen (secondary N) is 1. The highest BCUT2D eigenvalue weighted by Gasteiger charge is 2.57. The molecule has 1 aromatic carbocycles. The van der Waals surface area contributed by atoms with Crippen LogP contribution in [-0.4, -0.2) is 37.5 Å². The summed E-state index contributed by atoms with van der Waals surface area (Å²) in [5, 5.41) is 9.60. The van der Waals surface area contributed by atoms with Crippen LogP contribution in [0.15, 0.2) is 24.3 Å². The lowest BCUT2D eigenvalue weighted by Crippen LogP contribution is -2.54. The number of hydrogen-bond donors (Lipinski definition) is 2. The van der Waals surface area contributed by atoms with Crippen molar-refractivity contribution in [3.63, 3.8) is 0 Å². The summed E-state index contributed by atoms with van der Waals surface area (Å²) >= 11 is -1.16. The summed E-state index contributed by atoms with van der Waals surface area (Å²) in [6.07, 6.45) is 3.76. The van der Waals surface area contributed by atoms with Gasteiger partial charge in [0.15, 0.2) is 0 Å². The third-order valence-electron chi connectivity index (χ3n) is 6.43. The van der Waals surface area contributed by atoms with Crippen molar-refractivity contribution < 1.29 is 14.5 Å². The van der Waals surface area contributed by atoms with E-state index in [0.717, 1.165) is 32.1 Å². The van der Waals surface area contributed by atoms with Crippen LogP contribution in [0.4, 0.5) is 4.79 Å². The molecule has 5 nitrogen and oxygen atoms in total. The standard InChI is InChI=1S/C20H28N2O3S/c1-19(2,3)26(25)21-17-16-7-5-4-6-13(16)10-20(17)11-14-8-9-15(12-20)22(14)18(23)24/h4-7,14-15,17,21H,8-12H2,1-3H3,(H,23,24)/t14-,15-,17-,26-/m1/s1. The predicted molar refractivity (Wildman–Crippen MR) is 102 cm³/mol. The fourth-order valence-electron chi connectivity index (χ4n) is 5.34. The number of carboxylic acid groups (broad SMARTS) is 1. The molecule has 2 bridgehead atoms. The number of rotatable bonds is 2. The molecule has 0 unspecified atom stereocenters. The Balaban J connectivity index is 1.68. The van der Waals surface area contributed by atoms with Gasteiger partial charge in [0, 0.05) is 28.9 Å². The Morgan fingerprint density at radius 1 is 1.27 bits per heavy atom. The minimum absolute atomic E-state index is 0.0257. The molecule has 142 valence electrons. The first-order valence-electron chi connectivity index (χ1n) is 9.48. The van der Waals surface area contributed by atoms with Gasteiger partial charge < -0.3 is 14.6 Å². The number of piperidine rings is 1. The summed E-state index contributed by atoms with van der Waals surface area (Å²) in [6, 6.07) is 8.64. The van der Waals surface area contributed by atoms with Gasteiger partial charge in [-0.2, -0.15) is 0 Å². The minimum Gasteiger partial charge on any atom is -0.598 e. The maximum Gasteiger partial charge on any atom is 0.407 e. The third kappa shape index (κ3) is 2.83. The lowest BCUT2D eigenvalue weighted by Gasteiger charge is -2.47. The summed E-state index contributed by atoms with van der Waals surface area (Å²) < 4.78 is 16.0. The molecule has 26 heavy (non-hydrogen) atoms. The van der Waals surface area contributed by atoms with Crippen molar-refractivity contribution in [2.24, 2.45) is 5.41 Å².